The summed E-state index contributed by atoms with van der Waals surface area (Å²) in [5.41, 5.74) is 5.48. The smallest absolute Gasteiger partial charge is 0.242 e. The van der Waals surface area contributed by atoms with Crippen LogP contribution in [0.2, 0.25) is 0 Å². The molecule has 21 heteroatoms. The van der Waals surface area contributed by atoms with Crippen LogP contribution >= 0.6 is 0 Å². The quantitative estimate of drug-likeness (QED) is 0.0372. The molecule has 2 unspecified atom stereocenters. The number of ether oxygens (including phenoxy) is 1. The van der Waals surface area contributed by atoms with Crippen molar-refractivity contribution in [3.8, 4) is 0 Å². The maximum atomic E-state index is 14.2. The Balaban J connectivity index is 3.23. The summed E-state index contributed by atoms with van der Waals surface area (Å²) < 4.78 is 5.38. The molecule has 2 atom stereocenters. The third-order valence-corrected chi connectivity index (χ3v) is 11.8. The number of carbonyl (C=O) groups is 7. The third kappa shape index (κ3) is 24.7. The van der Waals surface area contributed by atoms with Gasteiger partial charge in [0.25, 0.3) is 0 Å². The van der Waals surface area contributed by atoms with E-state index in [9.17, 15) is 54.0 Å². The van der Waals surface area contributed by atoms with E-state index in [1.165, 1.54) is 14.7 Å². The van der Waals surface area contributed by atoms with E-state index in [2.05, 4.69) is 17.1 Å². The van der Waals surface area contributed by atoms with Gasteiger partial charge >= 0.3 is 0 Å². The zero-order valence-corrected chi connectivity index (χ0v) is 40.5. The number of hydrogen-bond acceptors (Lipinski definition) is 14. The molecule has 1 aliphatic heterocycles. The van der Waals surface area contributed by atoms with E-state index in [-0.39, 0.29) is 64.2 Å². The number of rotatable bonds is 38. The maximum Gasteiger partial charge on any atom is 0.242 e. The van der Waals surface area contributed by atoms with Gasteiger partial charge in [0.2, 0.25) is 41.4 Å². The van der Waals surface area contributed by atoms with Gasteiger partial charge in [-0.05, 0) is 44.2 Å². The molecule has 1 aliphatic rings. The molecule has 0 aromatic heterocycles. The van der Waals surface area contributed by atoms with Crippen LogP contribution in [0.25, 0.3) is 0 Å². The molecule has 1 rings (SSSR count). The minimum Gasteiger partial charge on any atom is -0.395 e. The number of amides is 7. The Kier molecular flexibility index (Phi) is 32.8. The molecular formula is C45H85N9O12. The van der Waals surface area contributed by atoms with E-state index in [0.717, 1.165) is 85.7 Å². The van der Waals surface area contributed by atoms with Crippen LogP contribution in [0.5, 0.6) is 0 Å². The topological polar surface area (TPSA) is 270 Å². The molecule has 1 saturated heterocycles. The second kappa shape index (κ2) is 36.1. The van der Waals surface area contributed by atoms with Crippen molar-refractivity contribution < 1.29 is 58.7 Å². The average molecular weight is 944 g/mol. The summed E-state index contributed by atoms with van der Waals surface area (Å²) in [6.45, 7) is 6.96. The zero-order valence-electron chi connectivity index (χ0n) is 40.5. The molecule has 21 nitrogen and oxygen atoms in total. The van der Waals surface area contributed by atoms with Crippen molar-refractivity contribution in [3.63, 3.8) is 0 Å². The Morgan fingerprint density at radius 1 is 0.545 bits per heavy atom. The highest BCUT2D eigenvalue weighted by Gasteiger charge is 2.30. The monoisotopic (exact) mass is 944 g/mol. The summed E-state index contributed by atoms with van der Waals surface area (Å²) in [5, 5.41) is 42.6. The molecule has 0 aromatic carbocycles. The summed E-state index contributed by atoms with van der Waals surface area (Å²) in [6, 6.07) is 0. The summed E-state index contributed by atoms with van der Waals surface area (Å²) in [6.07, 6.45) is 7.45. The number of unbranched alkanes of at least 4 members (excludes halogenated alkanes) is 2. The van der Waals surface area contributed by atoms with Crippen LogP contribution in [0.1, 0.15) is 85.5 Å². The Labute approximate surface area is 392 Å². The number of nitrogens with one attached hydrogen (secondary N) is 1. The highest BCUT2D eigenvalue weighted by Crippen LogP contribution is 2.17. The van der Waals surface area contributed by atoms with Gasteiger partial charge in [-0.1, -0.05) is 66.2 Å². The van der Waals surface area contributed by atoms with Gasteiger partial charge in [0.05, 0.1) is 85.5 Å². The standard InChI is InChI=1S/C45H85N9O12/c1-5-9-12-37(7-3)29-53(31-39(46)59)44(64)34-51(18-24-57)42(62)33-50(17-23-56)43(63)36-54(30-38(8-4)13-10-6-2)45(65)35-52(19-25-58)41(61)32-49(16-22-55)40(60)28-47-14-11-15-48-20-26-66-27-21-48/h37-38,47,55-58H,5-36H2,1-4H3,(H2,46,59). The number of primary amides is 1. The fourth-order valence-electron chi connectivity index (χ4n) is 7.68. The summed E-state index contributed by atoms with van der Waals surface area (Å²) in [5.74, 6) is -4.31. The Morgan fingerprint density at radius 3 is 1.27 bits per heavy atom. The Bertz CT molecular complexity index is 1420. The number of hydrogen-bond donors (Lipinski definition) is 6. The van der Waals surface area contributed by atoms with E-state index in [1.54, 1.807) is 0 Å². The lowest BCUT2D eigenvalue weighted by atomic mass is 9.98. The summed E-state index contributed by atoms with van der Waals surface area (Å²) >= 11 is 0. The maximum absolute atomic E-state index is 14.2. The first-order valence-corrected chi connectivity index (χ1v) is 24.1. The van der Waals surface area contributed by atoms with Crippen LogP contribution < -0.4 is 11.1 Å². The van der Waals surface area contributed by atoms with Crippen LogP contribution in [-0.2, 0) is 38.3 Å². The van der Waals surface area contributed by atoms with Crippen LogP contribution in [0.4, 0.5) is 0 Å². The van der Waals surface area contributed by atoms with Gasteiger partial charge < -0.3 is 65.6 Å². The minimum absolute atomic E-state index is 0.0284. The normalized spacial score (nSPS) is 13.7. The van der Waals surface area contributed by atoms with Crippen molar-refractivity contribution in [2.24, 2.45) is 17.6 Å². The average Bonchev–Trinajstić information content (AvgIpc) is 3.30. The molecule has 1 heterocycles. The molecule has 0 radical (unpaired) electrons. The van der Waals surface area contributed by atoms with E-state index in [4.69, 9.17) is 10.5 Å². The highest BCUT2D eigenvalue weighted by molar-refractivity contribution is 5.92. The molecule has 1 fully saturated rings. The number of aliphatic hydroxyl groups is 4. The van der Waals surface area contributed by atoms with E-state index in [1.807, 2.05) is 20.8 Å². The SMILES string of the molecule is CCCCC(CC)CN(CC(N)=O)C(=O)CN(CCO)C(=O)CN(CCO)C(=O)CN(CC(CC)CCCC)C(=O)CN(CCO)C(=O)CN(CCO)C(=O)CNCCCN1CCOCC1. The molecule has 0 aliphatic carbocycles. The van der Waals surface area contributed by atoms with Crippen molar-refractivity contribution in [1.29, 1.82) is 0 Å². The number of nitrogens with two attached hydrogens (primary N) is 1. The van der Waals surface area contributed by atoms with Gasteiger partial charge in [-0.3, -0.25) is 38.5 Å². The lowest BCUT2D eigenvalue weighted by Gasteiger charge is -2.33. The minimum atomic E-state index is -0.718. The van der Waals surface area contributed by atoms with Crippen molar-refractivity contribution >= 4 is 41.4 Å². The van der Waals surface area contributed by atoms with E-state index in [0.29, 0.717) is 26.2 Å². The van der Waals surface area contributed by atoms with E-state index < -0.39 is 101 Å². The predicted molar refractivity (Wildman–Crippen MR) is 248 cm³/mol. The van der Waals surface area contributed by atoms with Gasteiger partial charge in [-0.15, -0.1) is 0 Å². The lowest BCUT2D eigenvalue weighted by molar-refractivity contribution is -0.149. The fourth-order valence-corrected chi connectivity index (χ4v) is 7.68. The molecule has 382 valence electrons. The van der Waals surface area contributed by atoms with Gasteiger partial charge in [-0.2, -0.15) is 0 Å². The zero-order chi connectivity index (χ0) is 49.3. The van der Waals surface area contributed by atoms with Crippen LogP contribution in [0.15, 0.2) is 0 Å². The third-order valence-electron chi connectivity index (χ3n) is 11.8. The number of nitrogens with zero attached hydrogens (tertiary/aromatic N) is 7. The molecule has 0 saturated carbocycles. The van der Waals surface area contributed by atoms with Crippen LogP contribution in [0.3, 0.4) is 0 Å². The van der Waals surface area contributed by atoms with Crippen molar-refractivity contribution in [1.82, 2.24) is 39.6 Å². The van der Waals surface area contributed by atoms with Crippen LogP contribution in [-0.4, -0.2) is 247 Å². The van der Waals surface area contributed by atoms with Gasteiger partial charge in [0.15, 0.2) is 0 Å². The fraction of sp³-hybridized carbons (Fsp3) is 0.844. The second-order valence-corrected chi connectivity index (χ2v) is 17.0. The molecule has 66 heavy (non-hydrogen) atoms. The summed E-state index contributed by atoms with van der Waals surface area (Å²) in [4.78, 5) is 104. The van der Waals surface area contributed by atoms with E-state index >= 15 is 0 Å². The van der Waals surface area contributed by atoms with Gasteiger partial charge in [0, 0.05) is 52.4 Å². The van der Waals surface area contributed by atoms with Gasteiger partial charge in [-0.25, -0.2) is 0 Å². The molecule has 7 amide bonds. The van der Waals surface area contributed by atoms with Gasteiger partial charge in [0.1, 0.15) is 0 Å². The number of morpholine rings is 1. The Morgan fingerprint density at radius 2 is 0.909 bits per heavy atom. The lowest BCUT2D eigenvalue weighted by Crippen LogP contribution is -2.53. The first-order chi connectivity index (χ1) is 31.7. The van der Waals surface area contributed by atoms with Crippen LogP contribution in [0, 0.1) is 11.8 Å². The summed E-state index contributed by atoms with van der Waals surface area (Å²) in [7, 11) is 0. The van der Waals surface area contributed by atoms with Crippen molar-refractivity contribution in [3.05, 3.63) is 0 Å². The Hall–Kier alpha value is -3.99. The first-order valence-electron chi connectivity index (χ1n) is 24.1. The molecule has 0 spiro atoms. The molecule has 0 aromatic rings. The molecule has 0 bridgehead atoms. The van der Waals surface area contributed by atoms with Crippen molar-refractivity contribution in [2.45, 2.75) is 85.5 Å². The highest BCUT2D eigenvalue weighted by atomic mass is 16.5. The second-order valence-electron chi connectivity index (χ2n) is 17.0. The number of carbonyl (C=O) groups excluding carboxylic acids is 7. The first kappa shape index (κ1) is 60.0. The predicted octanol–water partition coefficient (Wildman–Crippen LogP) is -1.84. The van der Waals surface area contributed by atoms with Crippen molar-refractivity contribution in [2.75, 3.05) is 151 Å². The largest absolute Gasteiger partial charge is 0.395 e. The number of aliphatic hydroxyl groups excluding tert-OH is 4. The molecule has 7 N–H and O–H groups in total. The molecular weight excluding hydrogens is 859 g/mol.